The lowest BCUT2D eigenvalue weighted by Gasteiger charge is -2.19. The highest BCUT2D eigenvalue weighted by Gasteiger charge is 2.16. The smallest absolute Gasteiger partial charge is 0.0849 e. The van der Waals surface area contributed by atoms with Gasteiger partial charge in [0.2, 0.25) is 0 Å². The van der Waals surface area contributed by atoms with Crippen LogP contribution in [-0.4, -0.2) is 22.4 Å². The zero-order valence-electron chi connectivity index (χ0n) is 6.51. The Morgan fingerprint density at radius 3 is 2.60 bits per heavy atom. The van der Waals surface area contributed by atoms with E-state index in [1.807, 2.05) is 6.08 Å². The Morgan fingerprint density at radius 2 is 2.20 bits per heavy atom. The van der Waals surface area contributed by atoms with Gasteiger partial charge in [0, 0.05) is 0 Å². The average molecular weight is 144 g/mol. The Morgan fingerprint density at radius 1 is 1.60 bits per heavy atom. The van der Waals surface area contributed by atoms with Gasteiger partial charge in [-0.05, 0) is 26.2 Å². The summed E-state index contributed by atoms with van der Waals surface area (Å²) in [5, 5.41) is 17.9. The molecule has 0 heterocycles. The Bertz CT molecular complexity index is 97.4. The molecule has 0 saturated heterocycles. The fourth-order valence-corrected chi connectivity index (χ4v) is 0.706. The maximum Gasteiger partial charge on any atom is 0.0849 e. The lowest BCUT2D eigenvalue weighted by Crippen LogP contribution is -2.28. The molecule has 0 aliphatic carbocycles. The highest BCUT2D eigenvalue weighted by Crippen LogP contribution is 2.11. The topological polar surface area (TPSA) is 40.5 Å². The third-order valence-corrected chi connectivity index (χ3v) is 1.46. The monoisotopic (exact) mass is 144 g/mol. The minimum absolute atomic E-state index is 0.163. The Labute approximate surface area is 62.2 Å². The molecular weight excluding hydrogens is 128 g/mol. The van der Waals surface area contributed by atoms with Crippen LogP contribution in [0.1, 0.15) is 26.2 Å². The molecule has 0 fully saturated rings. The lowest BCUT2D eigenvalue weighted by atomic mass is 10.0. The van der Waals surface area contributed by atoms with Crippen molar-refractivity contribution in [3.05, 3.63) is 12.7 Å². The Kier molecular flexibility index (Phi) is 4.32. The minimum Gasteiger partial charge on any atom is -0.393 e. The molecule has 0 amide bonds. The van der Waals surface area contributed by atoms with Gasteiger partial charge in [0.25, 0.3) is 0 Å². The summed E-state index contributed by atoms with van der Waals surface area (Å²) in [5.74, 6) is 0. The standard InChI is InChI=1S/C8H16O2/c1-3-4-5-6-8(2,10)7-9/h3,9-10H,1,4-7H2,2H3/t8-/m1/s1. The van der Waals surface area contributed by atoms with Gasteiger partial charge in [-0.1, -0.05) is 6.08 Å². The van der Waals surface area contributed by atoms with E-state index in [2.05, 4.69) is 6.58 Å². The third-order valence-electron chi connectivity index (χ3n) is 1.46. The first kappa shape index (κ1) is 9.66. The SMILES string of the molecule is C=CCCC[C@@](C)(O)CO. The molecule has 0 spiro atoms. The van der Waals surface area contributed by atoms with Crippen LogP contribution in [0.25, 0.3) is 0 Å². The molecule has 0 aliphatic heterocycles. The quantitative estimate of drug-likeness (QED) is 0.448. The van der Waals surface area contributed by atoms with Crippen molar-refractivity contribution in [3.63, 3.8) is 0 Å². The minimum atomic E-state index is -0.900. The van der Waals surface area contributed by atoms with Crippen LogP contribution in [0, 0.1) is 0 Å². The second-order valence-electron chi connectivity index (χ2n) is 2.84. The van der Waals surface area contributed by atoms with Crippen LogP contribution in [0.5, 0.6) is 0 Å². The summed E-state index contributed by atoms with van der Waals surface area (Å²) in [5.41, 5.74) is -0.900. The Hall–Kier alpha value is -0.340. The van der Waals surface area contributed by atoms with Gasteiger partial charge < -0.3 is 10.2 Å². The second kappa shape index (κ2) is 4.47. The normalized spacial score (nSPS) is 16.3. The first-order chi connectivity index (χ1) is 4.62. The molecule has 2 heteroatoms. The van der Waals surface area contributed by atoms with Crippen molar-refractivity contribution in [2.24, 2.45) is 0 Å². The lowest BCUT2D eigenvalue weighted by molar-refractivity contribution is -0.00627. The van der Waals surface area contributed by atoms with Crippen LogP contribution in [0.15, 0.2) is 12.7 Å². The van der Waals surface area contributed by atoms with Crippen LogP contribution in [0.4, 0.5) is 0 Å². The molecule has 0 radical (unpaired) electrons. The molecule has 0 unspecified atom stereocenters. The number of aliphatic hydroxyl groups is 2. The van der Waals surface area contributed by atoms with E-state index in [9.17, 15) is 5.11 Å². The van der Waals surface area contributed by atoms with Crippen LogP contribution in [0.2, 0.25) is 0 Å². The summed E-state index contributed by atoms with van der Waals surface area (Å²) >= 11 is 0. The number of rotatable bonds is 5. The summed E-state index contributed by atoms with van der Waals surface area (Å²) in [7, 11) is 0. The van der Waals surface area contributed by atoms with Crippen LogP contribution < -0.4 is 0 Å². The van der Waals surface area contributed by atoms with Gasteiger partial charge in [0.15, 0.2) is 0 Å². The maximum atomic E-state index is 9.27. The number of hydrogen-bond acceptors (Lipinski definition) is 2. The molecule has 2 nitrogen and oxygen atoms in total. The van der Waals surface area contributed by atoms with E-state index in [1.54, 1.807) is 6.92 Å². The number of aliphatic hydroxyl groups excluding tert-OH is 1. The molecular formula is C8H16O2. The van der Waals surface area contributed by atoms with Crippen LogP contribution in [0.3, 0.4) is 0 Å². The summed E-state index contributed by atoms with van der Waals surface area (Å²) in [6.07, 6.45) is 4.23. The summed E-state index contributed by atoms with van der Waals surface area (Å²) in [6, 6.07) is 0. The third kappa shape index (κ3) is 4.53. The van der Waals surface area contributed by atoms with Gasteiger partial charge in [0.05, 0.1) is 12.2 Å². The van der Waals surface area contributed by atoms with Gasteiger partial charge in [-0.2, -0.15) is 0 Å². The van der Waals surface area contributed by atoms with E-state index < -0.39 is 5.60 Å². The summed E-state index contributed by atoms with van der Waals surface area (Å²) in [4.78, 5) is 0. The largest absolute Gasteiger partial charge is 0.393 e. The van der Waals surface area contributed by atoms with Gasteiger partial charge in [-0.15, -0.1) is 6.58 Å². The molecule has 2 N–H and O–H groups in total. The fraction of sp³-hybridized carbons (Fsp3) is 0.750. The van der Waals surface area contributed by atoms with Gasteiger partial charge >= 0.3 is 0 Å². The predicted molar refractivity (Wildman–Crippen MR) is 41.8 cm³/mol. The molecule has 60 valence electrons. The first-order valence-corrected chi connectivity index (χ1v) is 3.56. The molecule has 0 aromatic rings. The molecule has 0 rings (SSSR count). The van der Waals surface area contributed by atoms with Crippen molar-refractivity contribution >= 4 is 0 Å². The Balaban J connectivity index is 3.36. The summed E-state index contributed by atoms with van der Waals surface area (Å²) < 4.78 is 0. The van der Waals surface area contributed by atoms with E-state index in [0.29, 0.717) is 6.42 Å². The molecule has 0 bridgehead atoms. The van der Waals surface area contributed by atoms with Crippen molar-refractivity contribution in [2.75, 3.05) is 6.61 Å². The van der Waals surface area contributed by atoms with Crippen molar-refractivity contribution in [3.8, 4) is 0 Å². The van der Waals surface area contributed by atoms with Crippen molar-refractivity contribution in [1.82, 2.24) is 0 Å². The van der Waals surface area contributed by atoms with Gasteiger partial charge in [-0.25, -0.2) is 0 Å². The summed E-state index contributed by atoms with van der Waals surface area (Å²) in [6.45, 7) is 5.03. The van der Waals surface area contributed by atoms with E-state index in [1.165, 1.54) is 0 Å². The number of unbranched alkanes of at least 4 members (excludes halogenated alkanes) is 1. The van der Waals surface area contributed by atoms with E-state index >= 15 is 0 Å². The number of allylic oxidation sites excluding steroid dienone is 1. The van der Waals surface area contributed by atoms with E-state index in [-0.39, 0.29) is 6.61 Å². The van der Waals surface area contributed by atoms with Gasteiger partial charge in [0.1, 0.15) is 0 Å². The average Bonchev–Trinajstić information content (AvgIpc) is 1.89. The highest BCUT2D eigenvalue weighted by atomic mass is 16.3. The zero-order valence-corrected chi connectivity index (χ0v) is 6.51. The molecule has 0 aromatic carbocycles. The predicted octanol–water partition coefficient (Wildman–Crippen LogP) is 1.09. The second-order valence-corrected chi connectivity index (χ2v) is 2.84. The van der Waals surface area contributed by atoms with Crippen LogP contribution >= 0.6 is 0 Å². The van der Waals surface area contributed by atoms with Crippen molar-refractivity contribution in [1.29, 1.82) is 0 Å². The first-order valence-electron chi connectivity index (χ1n) is 3.56. The number of hydrogen-bond donors (Lipinski definition) is 2. The molecule has 0 saturated carbocycles. The highest BCUT2D eigenvalue weighted by molar-refractivity contribution is 4.74. The van der Waals surface area contributed by atoms with Crippen molar-refractivity contribution < 1.29 is 10.2 Å². The molecule has 1 atom stereocenters. The zero-order chi connectivity index (χ0) is 8.04. The fourth-order valence-electron chi connectivity index (χ4n) is 0.706. The molecule has 0 aromatic heterocycles. The van der Waals surface area contributed by atoms with Crippen LogP contribution in [-0.2, 0) is 0 Å². The maximum absolute atomic E-state index is 9.27. The van der Waals surface area contributed by atoms with E-state index in [0.717, 1.165) is 12.8 Å². The van der Waals surface area contributed by atoms with Gasteiger partial charge in [-0.3, -0.25) is 0 Å². The van der Waals surface area contributed by atoms with E-state index in [4.69, 9.17) is 5.11 Å². The molecule has 10 heavy (non-hydrogen) atoms. The van der Waals surface area contributed by atoms with Crippen molar-refractivity contribution in [2.45, 2.75) is 31.8 Å². The molecule has 0 aliphatic rings.